The van der Waals surface area contributed by atoms with Crippen LogP contribution in [0.2, 0.25) is 0 Å². The van der Waals surface area contributed by atoms with Gasteiger partial charge in [-0.25, -0.2) is 9.59 Å². The highest BCUT2D eigenvalue weighted by Crippen LogP contribution is 2.44. The summed E-state index contributed by atoms with van der Waals surface area (Å²) in [5.74, 6) is 0.184. The first-order valence-corrected chi connectivity index (χ1v) is 13.2. The van der Waals surface area contributed by atoms with Crippen LogP contribution in [0.3, 0.4) is 0 Å². The van der Waals surface area contributed by atoms with Crippen LogP contribution in [-0.2, 0) is 20.7 Å². The van der Waals surface area contributed by atoms with Gasteiger partial charge >= 0.3 is 12.1 Å². The van der Waals surface area contributed by atoms with Crippen molar-refractivity contribution in [3.05, 3.63) is 95.1 Å². The van der Waals surface area contributed by atoms with Crippen LogP contribution in [0.1, 0.15) is 74.1 Å². The SMILES string of the molecule is CC(C)(C)OC(=O)C(CCc1cccc(C2CC2)c1)NC(=O)OCC1c2ccccc2-c2ccccc21. The third-order valence-corrected chi connectivity index (χ3v) is 7.05. The van der Waals surface area contributed by atoms with Gasteiger partial charge in [-0.2, -0.15) is 0 Å². The lowest BCUT2D eigenvalue weighted by Gasteiger charge is -2.25. The molecule has 0 spiro atoms. The van der Waals surface area contributed by atoms with Crippen LogP contribution in [0.25, 0.3) is 11.1 Å². The highest BCUT2D eigenvalue weighted by atomic mass is 16.6. The lowest BCUT2D eigenvalue weighted by atomic mass is 9.98. The summed E-state index contributed by atoms with van der Waals surface area (Å²) in [4.78, 5) is 25.9. The molecule has 2 aliphatic rings. The monoisotopic (exact) mass is 497 g/mol. The zero-order valence-electron chi connectivity index (χ0n) is 21.8. The quantitative estimate of drug-likeness (QED) is 0.350. The van der Waals surface area contributed by atoms with Gasteiger partial charge in [0, 0.05) is 5.92 Å². The molecule has 2 aliphatic carbocycles. The van der Waals surface area contributed by atoms with Crippen molar-refractivity contribution < 1.29 is 19.1 Å². The number of hydrogen-bond acceptors (Lipinski definition) is 4. The van der Waals surface area contributed by atoms with E-state index in [0.717, 1.165) is 16.7 Å². The van der Waals surface area contributed by atoms with Crippen LogP contribution in [0, 0.1) is 0 Å². The fraction of sp³-hybridized carbons (Fsp3) is 0.375. The van der Waals surface area contributed by atoms with Gasteiger partial charge in [0.05, 0.1) is 0 Å². The van der Waals surface area contributed by atoms with Gasteiger partial charge in [0.2, 0.25) is 0 Å². The molecule has 1 amide bonds. The minimum absolute atomic E-state index is 0.0386. The Morgan fingerprint density at radius 3 is 2.19 bits per heavy atom. The van der Waals surface area contributed by atoms with Crippen molar-refractivity contribution in [3.8, 4) is 11.1 Å². The first-order valence-electron chi connectivity index (χ1n) is 13.2. The number of aryl methyl sites for hydroxylation is 1. The number of fused-ring (bicyclic) bond motifs is 3. The maximum absolute atomic E-state index is 13.0. The number of rotatable bonds is 8. The molecule has 0 aliphatic heterocycles. The van der Waals surface area contributed by atoms with Gasteiger partial charge in [0.25, 0.3) is 0 Å². The van der Waals surface area contributed by atoms with Crippen molar-refractivity contribution in [2.24, 2.45) is 0 Å². The average molecular weight is 498 g/mol. The second-order valence-electron chi connectivity index (χ2n) is 11.1. The molecule has 1 saturated carbocycles. The number of carbonyl (C=O) groups excluding carboxylic acids is 2. The van der Waals surface area contributed by atoms with Gasteiger partial charge in [-0.3, -0.25) is 0 Å². The molecule has 5 rings (SSSR count). The van der Waals surface area contributed by atoms with E-state index in [1.807, 2.05) is 45.0 Å². The van der Waals surface area contributed by atoms with E-state index in [-0.39, 0.29) is 12.5 Å². The number of alkyl carbamates (subject to hydrolysis) is 1. The molecule has 5 nitrogen and oxygen atoms in total. The molecule has 1 N–H and O–H groups in total. The third-order valence-electron chi connectivity index (χ3n) is 7.05. The van der Waals surface area contributed by atoms with Gasteiger partial charge in [0.1, 0.15) is 18.2 Å². The molecule has 1 atom stereocenters. The standard InChI is InChI=1S/C32H35NO4/c1-32(2,3)37-30(34)29(18-15-21-9-8-10-23(19-21)22-16-17-22)33-31(35)36-20-28-26-13-6-4-11-24(26)25-12-5-7-14-27(25)28/h4-14,19,22,28-29H,15-18,20H2,1-3H3,(H,33,35). The fourth-order valence-corrected chi connectivity index (χ4v) is 5.13. The van der Waals surface area contributed by atoms with E-state index < -0.39 is 23.7 Å². The Hall–Kier alpha value is -3.60. The van der Waals surface area contributed by atoms with Crippen molar-refractivity contribution in [1.29, 1.82) is 0 Å². The number of esters is 1. The van der Waals surface area contributed by atoms with E-state index in [1.165, 1.54) is 29.5 Å². The maximum Gasteiger partial charge on any atom is 0.407 e. The second kappa shape index (κ2) is 10.4. The summed E-state index contributed by atoms with van der Waals surface area (Å²) in [6.45, 7) is 5.68. The summed E-state index contributed by atoms with van der Waals surface area (Å²) < 4.78 is 11.3. The zero-order chi connectivity index (χ0) is 26.0. The molecule has 192 valence electrons. The summed E-state index contributed by atoms with van der Waals surface area (Å²) in [7, 11) is 0. The Balaban J connectivity index is 1.25. The number of nitrogens with one attached hydrogen (secondary N) is 1. The molecule has 3 aromatic carbocycles. The average Bonchev–Trinajstić information content (AvgIpc) is 3.67. The number of hydrogen-bond donors (Lipinski definition) is 1. The summed E-state index contributed by atoms with van der Waals surface area (Å²) in [6.07, 6.45) is 2.98. The summed E-state index contributed by atoms with van der Waals surface area (Å²) >= 11 is 0. The van der Waals surface area contributed by atoms with Crippen LogP contribution >= 0.6 is 0 Å². The zero-order valence-corrected chi connectivity index (χ0v) is 21.8. The Kier molecular flexibility index (Phi) is 7.05. The van der Waals surface area contributed by atoms with Crippen molar-refractivity contribution in [2.75, 3.05) is 6.61 Å². The summed E-state index contributed by atoms with van der Waals surface area (Å²) in [5.41, 5.74) is 6.51. The van der Waals surface area contributed by atoms with E-state index in [0.29, 0.717) is 18.8 Å². The first-order chi connectivity index (χ1) is 17.8. The van der Waals surface area contributed by atoms with Crippen LogP contribution < -0.4 is 5.32 Å². The minimum Gasteiger partial charge on any atom is -0.458 e. The van der Waals surface area contributed by atoms with E-state index in [1.54, 1.807) is 0 Å². The Morgan fingerprint density at radius 1 is 0.919 bits per heavy atom. The number of benzene rings is 3. The highest BCUT2D eigenvalue weighted by Gasteiger charge is 2.31. The highest BCUT2D eigenvalue weighted by molar-refractivity contribution is 5.82. The van der Waals surface area contributed by atoms with Crippen LogP contribution in [0.5, 0.6) is 0 Å². The topological polar surface area (TPSA) is 64.6 Å². The maximum atomic E-state index is 13.0. The van der Waals surface area contributed by atoms with E-state index >= 15 is 0 Å². The first kappa shape index (κ1) is 25.1. The molecule has 5 heteroatoms. The van der Waals surface area contributed by atoms with Crippen molar-refractivity contribution in [1.82, 2.24) is 5.32 Å². The number of carbonyl (C=O) groups is 2. The van der Waals surface area contributed by atoms with Crippen molar-refractivity contribution in [3.63, 3.8) is 0 Å². The summed E-state index contributed by atoms with van der Waals surface area (Å²) in [6, 6.07) is 24.2. The molecule has 0 radical (unpaired) electrons. The lowest BCUT2D eigenvalue weighted by molar-refractivity contribution is -0.157. The van der Waals surface area contributed by atoms with Gasteiger partial charge in [-0.15, -0.1) is 0 Å². The Labute approximate surface area is 219 Å². The second-order valence-corrected chi connectivity index (χ2v) is 11.1. The number of ether oxygens (including phenoxy) is 2. The molecule has 37 heavy (non-hydrogen) atoms. The smallest absolute Gasteiger partial charge is 0.407 e. The molecule has 3 aromatic rings. The largest absolute Gasteiger partial charge is 0.458 e. The lowest BCUT2D eigenvalue weighted by Crippen LogP contribution is -2.45. The number of amides is 1. The molecule has 0 aromatic heterocycles. The van der Waals surface area contributed by atoms with Gasteiger partial charge < -0.3 is 14.8 Å². The fourth-order valence-electron chi connectivity index (χ4n) is 5.13. The van der Waals surface area contributed by atoms with E-state index in [4.69, 9.17) is 9.47 Å². The van der Waals surface area contributed by atoms with E-state index in [2.05, 4.69) is 53.8 Å². The molecule has 1 fully saturated rings. The van der Waals surface area contributed by atoms with Gasteiger partial charge in [-0.1, -0.05) is 72.8 Å². The predicted octanol–water partition coefficient (Wildman–Crippen LogP) is 6.75. The predicted molar refractivity (Wildman–Crippen MR) is 145 cm³/mol. The molecule has 0 bridgehead atoms. The van der Waals surface area contributed by atoms with Gasteiger partial charge in [0.15, 0.2) is 0 Å². The molecular weight excluding hydrogens is 462 g/mol. The Morgan fingerprint density at radius 2 is 1.57 bits per heavy atom. The van der Waals surface area contributed by atoms with Crippen molar-refractivity contribution in [2.45, 2.75) is 69.9 Å². The van der Waals surface area contributed by atoms with Crippen LogP contribution in [0.15, 0.2) is 72.8 Å². The van der Waals surface area contributed by atoms with E-state index in [9.17, 15) is 9.59 Å². The van der Waals surface area contributed by atoms with Crippen LogP contribution in [0.4, 0.5) is 4.79 Å². The minimum atomic E-state index is -0.792. The van der Waals surface area contributed by atoms with Gasteiger partial charge in [-0.05, 0) is 85.8 Å². The molecule has 1 unspecified atom stereocenters. The van der Waals surface area contributed by atoms with Crippen molar-refractivity contribution >= 4 is 12.1 Å². The summed E-state index contributed by atoms with van der Waals surface area (Å²) in [5, 5.41) is 2.80. The Bertz CT molecular complexity index is 1240. The molecule has 0 heterocycles. The van der Waals surface area contributed by atoms with Crippen LogP contribution in [-0.4, -0.2) is 30.3 Å². The third kappa shape index (κ3) is 6.04. The molecule has 0 saturated heterocycles. The normalized spacial score (nSPS) is 15.4. The molecular formula is C32H35NO4.